The first-order chi connectivity index (χ1) is 9.58. The smallest absolute Gasteiger partial charge is 0.335 e. The summed E-state index contributed by atoms with van der Waals surface area (Å²) in [6.07, 6.45) is 4.05. The molecule has 108 valence electrons. The van der Waals surface area contributed by atoms with Gasteiger partial charge in [0, 0.05) is 13.1 Å². The molecule has 1 aromatic carbocycles. The van der Waals surface area contributed by atoms with Gasteiger partial charge in [0.25, 0.3) is 0 Å². The van der Waals surface area contributed by atoms with Crippen molar-refractivity contribution in [3.63, 3.8) is 0 Å². The number of benzene rings is 1. The minimum atomic E-state index is -1.16. The number of likely N-dealkylation sites (tertiary alicyclic amines) is 1. The molecule has 0 unspecified atom stereocenters. The molecule has 0 atom stereocenters. The van der Waals surface area contributed by atoms with Crippen LogP contribution < -0.4 is 5.32 Å². The monoisotopic (exact) mass is 280 g/mol. The van der Waals surface area contributed by atoms with E-state index in [1.165, 1.54) is 6.07 Å². The minimum Gasteiger partial charge on any atom is -0.478 e. The highest BCUT2D eigenvalue weighted by molar-refractivity contribution is 5.93. The van der Waals surface area contributed by atoms with E-state index in [1.807, 2.05) is 0 Å². The SMILES string of the molecule is O=C(O)c1ccc(F)c(NC(=O)N2CCCCCC2)c1. The van der Waals surface area contributed by atoms with Crippen molar-refractivity contribution in [1.29, 1.82) is 0 Å². The first kappa shape index (κ1) is 14.3. The van der Waals surface area contributed by atoms with Gasteiger partial charge in [0.15, 0.2) is 0 Å². The lowest BCUT2D eigenvalue weighted by Crippen LogP contribution is -2.35. The zero-order valence-electron chi connectivity index (χ0n) is 11.1. The Bertz CT molecular complexity index is 511. The van der Waals surface area contributed by atoms with Crippen molar-refractivity contribution in [3.05, 3.63) is 29.6 Å². The van der Waals surface area contributed by atoms with Crippen molar-refractivity contribution >= 4 is 17.7 Å². The average molecular weight is 280 g/mol. The lowest BCUT2D eigenvalue weighted by Gasteiger charge is -2.21. The first-order valence-corrected chi connectivity index (χ1v) is 6.66. The lowest BCUT2D eigenvalue weighted by molar-refractivity contribution is 0.0697. The van der Waals surface area contributed by atoms with Gasteiger partial charge in [0.1, 0.15) is 5.82 Å². The number of carbonyl (C=O) groups excluding carboxylic acids is 1. The molecule has 1 saturated heterocycles. The highest BCUT2D eigenvalue weighted by Crippen LogP contribution is 2.18. The van der Waals surface area contributed by atoms with E-state index in [0.717, 1.165) is 37.8 Å². The Morgan fingerprint density at radius 1 is 1.15 bits per heavy atom. The third-order valence-corrected chi connectivity index (χ3v) is 3.35. The summed E-state index contributed by atoms with van der Waals surface area (Å²) >= 11 is 0. The van der Waals surface area contributed by atoms with E-state index in [2.05, 4.69) is 5.32 Å². The fourth-order valence-corrected chi connectivity index (χ4v) is 2.22. The molecule has 1 aliphatic heterocycles. The van der Waals surface area contributed by atoms with Crippen LogP contribution in [0.15, 0.2) is 18.2 Å². The maximum absolute atomic E-state index is 13.6. The normalized spacial score (nSPS) is 15.6. The molecule has 1 fully saturated rings. The van der Waals surface area contributed by atoms with Crippen molar-refractivity contribution in [2.75, 3.05) is 18.4 Å². The van der Waals surface area contributed by atoms with Crippen molar-refractivity contribution in [2.24, 2.45) is 0 Å². The van der Waals surface area contributed by atoms with Gasteiger partial charge in [-0.1, -0.05) is 12.8 Å². The van der Waals surface area contributed by atoms with Crippen molar-refractivity contribution in [1.82, 2.24) is 4.90 Å². The van der Waals surface area contributed by atoms with Gasteiger partial charge in [0.2, 0.25) is 0 Å². The van der Waals surface area contributed by atoms with Gasteiger partial charge in [-0.2, -0.15) is 0 Å². The largest absolute Gasteiger partial charge is 0.478 e. The summed E-state index contributed by atoms with van der Waals surface area (Å²) in [5.74, 6) is -1.80. The molecule has 5 nitrogen and oxygen atoms in total. The number of hydrogen-bond acceptors (Lipinski definition) is 2. The van der Waals surface area contributed by atoms with Gasteiger partial charge in [-0.3, -0.25) is 0 Å². The fraction of sp³-hybridized carbons (Fsp3) is 0.429. The zero-order chi connectivity index (χ0) is 14.5. The fourth-order valence-electron chi connectivity index (χ4n) is 2.22. The van der Waals surface area contributed by atoms with E-state index in [1.54, 1.807) is 4.90 Å². The van der Waals surface area contributed by atoms with Crippen LogP contribution in [-0.2, 0) is 0 Å². The van der Waals surface area contributed by atoms with Crippen LogP contribution >= 0.6 is 0 Å². The Hall–Kier alpha value is -2.11. The van der Waals surface area contributed by atoms with Crippen molar-refractivity contribution < 1.29 is 19.1 Å². The van der Waals surface area contributed by atoms with Crippen molar-refractivity contribution in [2.45, 2.75) is 25.7 Å². The van der Waals surface area contributed by atoms with Crippen LogP contribution in [0.2, 0.25) is 0 Å². The minimum absolute atomic E-state index is 0.0578. The molecule has 1 heterocycles. The molecule has 0 saturated carbocycles. The number of carbonyl (C=O) groups is 2. The summed E-state index contributed by atoms with van der Waals surface area (Å²) in [5.41, 5.74) is -0.156. The van der Waals surface area contributed by atoms with Crippen LogP contribution in [0.25, 0.3) is 0 Å². The van der Waals surface area contributed by atoms with Gasteiger partial charge in [0.05, 0.1) is 11.3 Å². The number of nitrogens with one attached hydrogen (secondary N) is 1. The van der Waals surface area contributed by atoms with Crippen LogP contribution in [0.5, 0.6) is 0 Å². The molecule has 0 aromatic heterocycles. The predicted molar refractivity (Wildman–Crippen MR) is 72.4 cm³/mol. The number of aromatic carboxylic acids is 1. The van der Waals surface area contributed by atoms with Gasteiger partial charge in [-0.25, -0.2) is 14.0 Å². The Morgan fingerprint density at radius 3 is 2.40 bits per heavy atom. The van der Waals surface area contributed by atoms with Crippen LogP contribution in [-0.4, -0.2) is 35.1 Å². The summed E-state index contributed by atoms with van der Waals surface area (Å²) in [6.45, 7) is 1.29. The maximum atomic E-state index is 13.6. The molecule has 1 aromatic rings. The lowest BCUT2D eigenvalue weighted by atomic mass is 10.2. The second kappa shape index (κ2) is 6.36. The third kappa shape index (κ3) is 3.46. The van der Waals surface area contributed by atoms with Gasteiger partial charge >= 0.3 is 12.0 Å². The molecule has 0 radical (unpaired) electrons. The molecule has 0 aliphatic carbocycles. The van der Waals surface area contributed by atoms with Crippen LogP contribution in [0.1, 0.15) is 36.0 Å². The number of hydrogen-bond donors (Lipinski definition) is 2. The summed E-state index contributed by atoms with van der Waals surface area (Å²) < 4.78 is 13.6. The van der Waals surface area contributed by atoms with E-state index in [0.29, 0.717) is 13.1 Å². The molecule has 2 amide bonds. The Balaban J connectivity index is 2.10. The number of rotatable bonds is 2. The second-order valence-electron chi connectivity index (χ2n) is 4.83. The summed E-state index contributed by atoms with van der Waals surface area (Å²) in [4.78, 5) is 24.5. The summed E-state index contributed by atoms with van der Waals surface area (Å²) in [6, 6.07) is 2.96. The van der Waals surface area contributed by atoms with Crippen LogP contribution in [0.3, 0.4) is 0 Å². The van der Waals surface area contributed by atoms with Gasteiger partial charge in [-0.15, -0.1) is 0 Å². The van der Waals surface area contributed by atoms with Crippen LogP contribution in [0, 0.1) is 5.82 Å². The molecular weight excluding hydrogens is 263 g/mol. The Kier molecular flexibility index (Phi) is 4.55. The predicted octanol–water partition coefficient (Wildman–Crippen LogP) is 2.93. The number of amides is 2. The van der Waals surface area contributed by atoms with E-state index >= 15 is 0 Å². The van der Waals surface area contributed by atoms with Gasteiger partial charge < -0.3 is 15.3 Å². The number of halogens is 1. The highest BCUT2D eigenvalue weighted by atomic mass is 19.1. The van der Waals surface area contributed by atoms with E-state index in [9.17, 15) is 14.0 Å². The third-order valence-electron chi connectivity index (χ3n) is 3.35. The number of nitrogens with zero attached hydrogens (tertiary/aromatic N) is 1. The number of carboxylic acids is 1. The van der Waals surface area contributed by atoms with Crippen LogP contribution in [0.4, 0.5) is 14.9 Å². The van der Waals surface area contributed by atoms with E-state index < -0.39 is 11.8 Å². The van der Waals surface area contributed by atoms with Gasteiger partial charge in [-0.05, 0) is 31.0 Å². The summed E-state index contributed by atoms with van der Waals surface area (Å²) in [5, 5.41) is 11.3. The summed E-state index contributed by atoms with van der Waals surface area (Å²) in [7, 11) is 0. The Morgan fingerprint density at radius 2 is 1.80 bits per heavy atom. The number of urea groups is 1. The van der Waals surface area contributed by atoms with Crippen molar-refractivity contribution in [3.8, 4) is 0 Å². The molecule has 0 spiro atoms. The van der Waals surface area contributed by atoms with E-state index in [-0.39, 0.29) is 17.3 Å². The molecule has 6 heteroatoms. The molecule has 2 N–H and O–H groups in total. The highest BCUT2D eigenvalue weighted by Gasteiger charge is 2.17. The molecule has 0 bridgehead atoms. The standard InChI is InChI=1S/C14H17FN2O3/c15-11-6-5-10(13(18)19)9-12(11)16-14(20)17-7-3-1-2-4-8-17/h5-6,9H,1-4,7-8H2,(H,16,20)(H,18,19). The van der Waals surface area contributed by atoms with E-state index in [4.69, 9.17) is 5.11 Å². The second-order valence-corrected chi connectivity index (χ2v) is 4.83. The number of anilines is 1. The molecule has 20 heavy (non-hydrogen) atoms. The average Bonchev–Trinajstić information content (AvgIpc) is 2.70. The molecule has 2 rings (SSSR count). The maximum Gasteiger partial charge on any atom is 0.335 e. The first-order valence-electron chi connectivity index (χ1n) is 6.66. The number of carboxylic acid groups (broad SMARTS) is 1. The molecule has 1 aliphatic rings. The quantitative estimate of drug-likeness (QED) is 0.875. The molecular formula is C14H17FN2O3. The zero-order valence-corrected chi connectivity index (χ0v) is 11.1. The topological polar surface area (TPSA) is 69.6 Å². The Labute approximate surface area is 116 Å².